The van der Waals surface area contributed by atoms with E-state index in [-0.39, 0.29) is 0 Å². The average Bonchev–Trinajstić information content (AvgIpc) is 2.57. The molecule has 0 aromatic heterocycles. The van der Waals surface area contributed by atoms with Crippen LogP contribution in [-0.4, -0.2) is 37.1 Å². The van der Waals surface area contributed by atoms with E-state index >= 15 is 0 Å². The lowest BCUT2D eigenvalue weighted by Crippen LogP contribution is -2.36. The molecule has 2 aliphatic heterocycles. The smallest absolute Gasteiger partial charge is 0.0615 e. The number of benzene rings is 1. The van der Waals surface area contributed by atoms with Crippen molar-refractivity contribution in [2.45, 2.75) is 31.3 Å². The maximum absolute atomic E-state index is 6.09. The highest BCUT2D eigenvalue weighted by molar-refractivity contribution is 6.31. The van der Waals surface area contributed by atoms with Crippen LogP contribution in [0.4, 0.5) is 11.4 Å². The molecule has 18 heavy (non-hydrogen) atoms. The van der Waals surface area contributed by atoms with Gasteiger partial charge in [0.15, 0.2) is 0 Å². The molecule has 0 spiro atoms. The molecule has 0 radical (unpaired) electrons. The fraction of sp³-hybridized carbons (Fsp3) is 0.571. The van der Waals surface area contributed by atoms with Crippen molar-refractivity contribution in [3.63, 3.8) is 0 Å². The Morgan fingerprint density at radius 3 is 2.83 bits per heavy atom. The van der Waals surface area contributed by atoms with Crippen LogP contribution in [0.1, 0.15) is 19.3 Å². The molecule has 2 fully saturated rings. The van der Waals surface area contributed by atoms with Gasteiger partial charge < -0.3 is 10.6 Å². The summed E-state index contributed by atoms with van der Waals surface area (Å²) in [4.78, 5) is 4.95. The molecule has 0 aliphatic carbocycles. The number of nitrogen functional groups attached to an aromatic ring is 1. The molecule has 1 aromatic rings. The molecule has 2 aliphatic rings. The topological polar surface area (TPSA) is 32.5 Å². The average molecular weight is 266 g/mol. The number of nitrogens with two attached hydrogens (primary N) is 1. The lowest BCUT2D eigenvalue weighted by molar-refractivity contribution is 0.254. The van der Waals surface area contributed by atoms with Gasteiger partial charge in [0.25, 0.3) is 0 Å². The maximum atomic E-state index is 6.09. The summed E-state index contributed by atoms with van der Waals surface area (Å²) in [6.45, 7) is 2.15. The zero-order valence-electron chi connectivity index (χ0n) is 10.8. The van der Waals surface area contributed by atoms with Crippen molar-refractivity contribution >= 4 is 23.0 Å². The molecule has 1 aromatic carbocycles. The zero-order valence-corrected chi connectivity index (χ0v) is 11.5. The van der Waals surface area contributed by atoms with Crippen LogP contribution in [0.25, 0.3) is 0 Å². The third kappa shape index (κ3) is 2.06. The molecule has 2 saturated heterocycles. The van der Waals surface area contributed by atoms with Gasteiger partial charge in [0.2, 0.25) is 0 Å². The van der Waals surface area contributed by atoms with Crippen LogP contribution in [0.5, 0.6) is 0 Å². The Kier molecular flexibility index (Phi) is 3.12. The van der Waals surface area contributed by atoms with E-state index in [0.717, 1.165) is 35.5 Å². The van der Waals surface area contributed by atoms with E-state index in [0.29, 0.717) is 6.04 Å². The number of rotatable bonds is 1. The van der Waals surface area contributed by atoms with Gasteiger partial charge in [-0.1, -0.05) is 11.6 Å². The largest absolute Gasteiger partial charge is 0.397 e. The van der Waals surface area contributed by atoms with Crippen LogP contribution >= 0.6 is 11.6 Å². The number of halogens is 1. The second-order valence-electron chi connectivity index (χ2n) is 5.49. The molecule has 2 unspecified atom stereocenters. The first-order chi connectivity index (χ1) is 8.65. The van der Waals surface area contributed by atoms with E-state index in [1.165, 1.54) is 19.3 Å². The van der Waals surface area contributed by atoms with Crippen molar-refractivity contribution in [1.82, 2.24) is 4.90 Å². The first kappa shape index (κ1) is 12.1. The molecular weight excluding hydrogens is 246 g/mol. The number of fused-ring (bicyclic) bond motifs is 2. The highest BCUT2D eigenvalue weighted by atomic mass is 35.5. The molecular formula is C14H20ClN3. The summed E-state index contributed by atoms with van der Waals surface area (Å²) in [6, 6.07) is 7.17. The summed E-state index contributed by atoms with van der Waals surface area (Å²) in [7, 11) is 2.26. The van der Waals surface area contributed by atoms with Crippen LogP contribution in [0.3, 0.4) is 0 Å². The molecule has 2 N–H and O–H groups in total. The number of hydrogen-bond acceptors (Lipinski definition) is 3. The molecule has 2 heterocycles. The van der Waals surface area contributed by atoms with Crippen LogP contribution in [0.2, 0.25) is 5.02 Å². The van der Waals surface area contributed by atoms with Gasteiger partial charge >= 0.3 is 0 Å². The number of nitrogens with zero attached hydrogens (tertiary/aromatic N) is 2. The highest BCUT2D eigenvalue weighted by Crippen LogP contribution is 2.33. The van der Waals surface area contributed by atoms with Crippen LogP contribution < -0.4 is 10.6 Å². The Balaban J connectivity index is 1.87. The summed E-state index contributed by atoms with van der Waals surface area (Å²) >= 11 is 6.09. The van der Waals surface area contributed by atoms with E-state index in [2.05, 4.69) is 16.8 Å². The van der Waals surface area contributed by atoms with Crippen LogP contribution in [-0.2, 0) is 0 Å². The second-order valence-corrected chi connectivity index (χ2v) is 5.92. The second kappa shape index (κ2) is 4.63. The van der Waals surface area contributed by atoms with E-state index in [1.807, 2.05) is 18.2 Å². The molecule has 2 bridgehead atoms. The first-order valence-electron chi connectivity index (χ1n) is 6.67. The summed E-state index contributed by atoms with van der Waals surface area (Å²) in [5, 5.41) is 0.766. The van der Waals surface area contributed by atoms with Gasteiger partial charge in [-0.2, -0.15) is 0 Å². The van der Waals surface area contributed by atoms with E-state index in [1.54, 1.807) is 0 Å². The lowest BCUT2D eigenvalue weighted by Gasteiger charge is -2.28. The molecule has 0 saturated carbocycles. The summed E-state index contributed by atoms with van der Waals surface area (Å²) < 4.78 is 0. The molecule has 0 amide bonds. The predicted molar refractivity (Wildman–Crippen MR) is 77.3 cm³/mol. The summed E-state index contributed by atoms with van der Waals surface area (Å²) in [5.41, 5.74) is 8.02. The minimum atomic E-state index is 0.663. The summed E-state index contributed by atoms with van der Waals surface area (Å²) in [6.07, 6.45) is 3.87. The fourth-order valence-corrected chi connectivity index (χ4v) is 3.48. The summed E-state index contributed by atoms with van der Waals surface area (Å²) in [5.74, 6) is 0. The Hall–Kier alpha value is -0.930. The van der Waals surface area contributed by atoms with Crippen molar-refractivity contribution in [3.05, 3.63) is 23.2 Å². The van der Waals surface area contributed by atoms with Crippen LogP contribution in [0.15, 0.2) is 18.2 Å². The van der Waals surface area contributed by atoms with Crippen molar-refractivity contribution in [1.29, 1.82) is 0 Å². The highest BCUT2D eigenvalue weighted by Gasteiger charge is 2.34. The molecule has 3 nitrogen and oxygen atoms in total. The zero-order chi connectivity index (χ0) is 12.7. The number of anilines is 2. The van der Waals surface area contributed by atoms with Gasteiger partial charge in [-0.25, -0.2) is 0 Å². The van der Waals surface area contributed by atoms with Crippen molar-refractivity contribution in [2.24, 2.45) is 0 Å². The third-order valence-corrected chi connectivity index (χ3v) is 4.72. The Labute approximate surface area is 114 Å². The standard InChI is InChI=1S/C14H20ClN3/c1-17-11-3-4-12(17)9-18(7-6-11)14-8-10(15)2-5-13(14)16/h2,5,8,11-12H,3-4,6-7,9,16H2,1H3. The van der Waals surface area contributed by atoms with Crippen molar-refractivity contribution < 1.29 is 0 Å². The van der Waals surface area contributed by atoms with Crippen molar-refractivity contribution in [3.8, 4) is 0 Å². The van der Waals surface area contributed by atoms with Crippen molar-refractivity contribution in [2.75, 3.05) is 30.8 Å². The third-order valence-electron chi connectivity index (χ3n) is 4.48. The van der Waals surface area contributed by atoms with Gasteiger partial charge in [-0.05, 0) is 44.5 Å². The Morgan fingerprint density at radius 1 is 1.22 bits per heavy atom. The van der Waals surface area contributed by atoms with E-state index < -0.39 is 0 Å². The van der Waals surface area contributed by atoms with Gasteiger partial charge in [0.1, 0.15) is 0 Å². The SMILES string of the molecule is CN1C2CCC1CN(c1cc(Cl)ccc1N)CC2. The lowest BCUT2D eigenvalue weighted by atomic mass is 10.1. The van der Waals surface area contributed by atoms with Gasteiger partial charge in [-0.3, -0.25) is 4.90 Å². The van der Waals surface area contributed by atoms with E-state index in [4.69, 9.17) is 17.3 Å². The van der Waals surface area contributed by atoms with Gasteiger partial charge in [0.05, 0.1) is 11.4 Å². The molecule has 2 atom stereocenters. The van der Waals surface area contributed by atoms with E-state index in [9.17, 15) is 0 Å². The molecule has 98 valence electrons. The number of hydrogen-bond donors (Lipinski definition) is 1. The minimum Gasteiger partial charge on any atom is -0.397 e. The predicted octanol–water partition coefficient (Wildman–Crippen LogP) is 2.60. The fourth-order valence-electron chi connectivity index (χ4n) is 3.32. The van der Waals surface area contributed by atoms with Crippen LogP contribution in [0, 0.1) is 0 Å². The normalized spacial score (nSPS) is 28.4. The van der Waals surface area contributed by atoms with Gasteiger partial charge in [-0.15, -0.1) is 0 Å². The molecule has 3 rings (SSSR count). The van der Waals surface area contributed by atoms with Gasteiger partial charge in [0, 0.05) is 30.2 Å². The minimum absolute atomic E-state index is 0.663. The first-order valence-corrected chi connectivity index (χ1v) is 7.05. The quantitative estimate of drug-likeness (QED) is 0.793. The Morgan fingerprint density at radius 2 is 2.00 bits per heavy atom. The monoisotopic (exact) mass is 265 g/mol. The maximum Gasteiger partial charge on any atom is 0.0615 e. The number of likely N-dealkylation sites (N-methyl/N-ethyl adjacent to an activating group) is 1. The Bertz CT molecular complexity index is 449. The molecule has 4 heteroatoms.